The first-order chi connectivity index (χ1) is 10.1. The van der Waals surface area contributed by atoms with Gasteiger partial charge in [-0.3, -0.25) is 4.99 Å². The predicted molar refractivity (Wildman–Crippen MR) is 104 cm³/mol. The first-order valence-corrected chi connectivity index (χ1v) is 7.79. The molecular weight excluding hydrogens is 436 g/mol. The number of nitrogens with one attached hydrogen (secondary N) is 1. The van der Waals surface area contributed by atoms with Crippen LogP contribution < -0.4 is 5.32 Å². The van der Waals surface area contributed by atoms with Crippen molar-refractivity contribution in [3.63, 3.8) is 0 Å². The van der Waals surface area contributed by atoms with Crippen LogP contribution in [0.15, 0.2) is 23.2 Å². The normalized spacial score (nSPS) is 18.0. The predicted octanol–water partition coefficient (Wildman–Crippen LogP) is 3.66. The Hall–Kier alpha value is -0.240. The Morgan fingerprint density at radius 1 is 1.41 bits per heavy atom. The molecule has 0 amide bonds. The van der Waals surface area contributed by atoms with Crippen molar-refractivity contribution in [2.24, 2.45) is 10.9 Å². The van der Waals surface area contributed by atoms with E-state index in [-0.39, 0.29) is 24.0 Å². The molecule has 0 aliphatic carbocycles. The van der Waals surface area contributed by atoms with E-state index in [0.29, 0.717) is 16.0 Å². The maximum absolute atomic E-state index is 6.05. The van der Waals surface area contributed by atoms with Gasteiger partial charge in [0.1, 0.15) is 0 Å². The third-order valence-corrected chi connectivity index (χ3v) is 4.29. The SMILES string of the molecule is CN=C(NCC1CCOC1)N(C)Cc1ccc(Cl)c(Cl)c1.I. The van der Waals surface area contributed by atoms with E-state index in [4.69, 9.17) is 27.9 Å². The molecule has 0 bridgehead atoms. The second kappa shape index (κ2) is 9.80. The summed E-state index contributed by atoms with van der Waals surface area (Å²) in [5.41, 5.74) is 1.10. The van der Waals surface area contributed by atoms with E-state index in [2.05, 4.69) is 15.2 Å². The van der Waals surface area contributed by atoms with Crippen molar-refractivity contribution in [1.82, 2.24) is 10.2 Å². The molecule has 1 aliphatic rings. The minimum atomic E-state index is 0. The van der Waals surface area contributed by atoms with Crippen LogP contribution in [0.4, 0.5) is 0 Å². The van der Waals surface area contributed by atoms with Crippen molar-refractivity contribution in [1.29, 1.82) is 0 Å². The quantitative estimate of drug-likeness (QED) is 0.426. The highest BCUT2D eigenvalue weighted by molar-refractivity contribution is 14.0. The standard InChI is InChI=1S/C15H21Cl2N3O.HI/c1-18-15(19-8-12-5-6-21-10-12)20(2)9-11-3-4-13(16)14(17)7-11;/h3-4,7,12H,5-6,8-10H2,1-2H3,(H,18,19);1H. The van der Waals surface area contributed by atoms with E-state index in [1.165, 1.54) is 0 Å². The van der Waals surface area contributed by atoms with Gasteiger partial charge in [-0.2, -0.15) is 0 Å². The van der Waals surface area contributed by atoms with Crippen LogP contribution in [-0.2, 0) is 11.3 Å². The lowest BCUT2D eigenvalue weighted by Gasteiger charge is -2.23. The third kappa shape index (κ3) is 5.76. The third-order valence-electron chi connectivity index (χ3n) is 3.55. The molecule has 4 nitrogen and oxygen atoms in total. The topological polar surface area (TPSA) is 36.9 Å². The van der Waals surface area contributed by atoms with Gasteiger partial charge >= 0.3 is 0 Å². The van der Waals surface area contributed by atoms with Crippen LogP contribution in [-0.4, -0.2) is 44.7 Å². The molecule has 22 heavy (non-hydrogen) atoms. The molecule has 1 atom stereocenters. The summed E-state index contributed by atoms with van der Waals surface area (Å²) >= 11 is 12.0. The number of guanidine groups is 1. The van der Waals surface area contributed by atoms with E-state index in [1.807, 2.05) is 25.2 Å². The fourth-order valence-electron chi connectivity index (χ4n) is 2.35. The fraction of sp³-hybridized carbons (Fsp3) is 0.533. The zero-order valence-corrected chi connectivity index (χ0v) is 16.7. The maximum atomic E-state index is 6.05. The van der Waals surface area contributed by atoms with Crippen molar-refractivity contribution < 1.29 is 4.74 Å². The van der Waals surface area contributed by atoms with Gasteiger partial charge in [-0.25, -0.2) is 0 Å². The molecule has 0 spiro atoms. The number of benzene rings is 1. The summed E-state index contributed by atoms with van der Waals surface area (Å²) in [7, 11) is 3.79. The summed E-state index contributed by atoms with van der Waals surface area (Å²) in [6, 6.07) is 5.68. The molecule has 1 aromatic rings. The Bertz CT molecular complexity index is 508. The Morgan fingerprint density at radius 3 is 2.77 bits per heavy atom. The van der Waals surface area contributed by atoms with Crippen LogP contribution in [0.1, 0.15) is 12.0 Å². The Morgan fingerprint density at radius 2 is 2.18 bits per heavy atom. The average Bonchev–Trinajstić information content (AvgIpc) is 2.97. The zero-order valence-electron chi connectivity index (χ0n) is 12.8. The van der Waals surface area contributed by atoms with Gasteiger partial charge in [0, 0.05) is 39.7 Å². The Balaban J connectivity index is 0.00000242. The molecule has 1 unspecified atom stereocenters. The van der Waals surface area contributed by atoms with E-state index < -0.39 is 0 Å². The Labute approximate surface area is 159 Å². The molecule has 1 heterocycles. The van der Waals surface area contributed by atoms with Crippen LogP contribution in [0, 0.1) is 5.92 Å². The van der Waals surface area contributed by atoms with Crippen molar-refractivity contribution in [3.8, 4) is 0 Å². The highest BCUT2D eigenvalue weighted by Gasteiger charge is 2.16. The first-order valence-electron chi connectivity index (χ1n) is 7.03. The molecule has 1 aromatic carbocycles. The number of rotatable bonds is 4. The Kier molecular flexibility index (Phi) is 8.82. The number of hydrogen-bond donors (Lipinski definition) is 1. The smallest absolute Gasteiger partial charge is 0.193 e. The van der Waals surface area contributed by atoms with Gasteiger partial charge < -0.3 is 15.0 Å². The lowest BCUT2D eigenvalue weighted by Crippen LogP contribution is -2.40. The van der Waals surface area contributed by atoms with Gasteiger partial charge in [-0.1, -0.05) is 29.3 Å². The summed E-state index contributed by atoms with van der Waals surface area (Å²) in [4.78, 5) is 6.38. The highest BCUT2D eigenvalue weighted by Crippen LogP contribution is 2.23. The number of hydrogen-bond acceptors (Lipinski definition) is 2. The van der Waals surface area contributed by atoms with E-state index >= 15 is 0 Å². The molecule has 0 saturated carbocycles. The largest absolute Gasteiger partial charge is 0.381 e. The zero-order chi connectivity index (χ0) is 15.2. The minimum absolute atomic E-state index is 0. The summed E-state index contributed by atoms with van der Waals surface area (Å²) in [6.07, 6.45) is 1.11. The molecule has 0 radical (unpaired) electrons. The van der Waals surface area contributed by atoms with Crippen molar-refractivity contribution in [3.05, 3.63) is 33.8 Å². The van der Waals surface area contributed by atoms with Gasteiger partial charge in [-0.15, -0.1) is 24.0 Å². The van der Waals surface area contributed by atoms with Gasteiger partial charge in [0.15, 0.2) is 5.96 Å². The molecule has 1 aliphatic heterocycles. The van der Waals surface area contributed by atoms with Gasteiger partial charge in [-0.05, 0) is 24.1 Å². The van der Waals surface area contributed by atoms with E-state index in [0.717, 1.165) is 44.2 Å². The van der Waals surface area contributed by atoms with E-state index in [1.54, 1.807) is 7.05 Å². The highest BCUT2D eigenvalue weighted by atomic mass is 127. The van der Waals surface area contributed by atoms with Gasteiger partial charge in [0.2, 0.25) is 0 Å². The maximum Gasteiger partial charge on any atom is 0.193 e. The van der Waals surface area contributed by atoms with Crippen LogP contribution in [0.5, 0.6) is 0 Å². The summed E-state index contributed by atoms with van der Waals surface area (Å²) in [6.45, 7) is 3.31. The summed E-state index contributed by atoms with van der Waals surface area (Å²) < 4.78 is 5.38. The van der Waals surface area contributed by atoms with Crippen LogP contribution >= 0.6 is 47.2 Å². The van der Waals surface area contributed by atoms with Crippen LogP contribution in [0.2, 0.25) is 10.0 Å². The van der Waals surface area contributed by atoms with Crippen LogP contribution in [0.25, 0.3) is 0 Å². The van der Waals surface area contributed by atoms with Crippen LogP contribution in [0.3, 0.4) is 0 Å². The molecule has 2 rings (SSSR count). The summed E-state index contributed by atoms with van der Waals surface area (Å²) in [5.74, 6) is 1.44. The molecule has 1 N–H and O–H groups in total. The monoisotopic (exact) mass is 457 g/mol. The molecule has 1 saturated heterocycles. The number of nitrogens with zero attached hydrogens (tertiary/aromatic N) is 2. The van der Waals surface area contributed by atoms with Crippen molar-refractivity contribution >= 4 is 53.1 Å². The van der Waals surface area contributed by atoms with Crippen molar-refractivity contribution in [2.75, 3.05) is 33.9 Å². The lowest BCUT2D eigenvalue weighted by molar-refractivity contribution is 0.186. The number of ether oxygens (including phenoxy) is 1. The van der Waals surface area contributed by atoms with E-state index in [9.17, 15) is 0 Å². The molecule has 124 valence electrons. The van der Waals surface area contributed by atoms with Crippen molar-refractivity contribution in [2.45, 2.75) is 13.0 Å². The summed E-state index contributed by atoms with van der Waals surface area (Å²) in [5, 5.41) is 4.55. The number of halogens is 3. The molecule has 7 heteroatoms. The number of aliphatic imine (C=N–C) groups is 1. The lowest BCUT2D eigenvalue weighted by atomic mass is 10.1. The first kappa shape index (κ1) is 19.8. The minimum Gasteiger partial charge on any atom is -0.381 e. The average molecular weight is 458 g/mol. The fourth-order valence-corrected chi connectivity index (χ4v) is 2.67. The molecular formula is C15H22Cl2IN3O. The molecule has 0 aromatic heterocycles. The second-order valence-electron chi connectivity index (χ2n) is 5.26. The van der Waals surface area contributed by atoms with Gasteiger partial charge in [0.05, 0.1) is 16.7 Å². The second-order valence-corrected chi connectivity index (χ2v) is 6.08. The molecule has 1 fully saturated rings. The van der Waals surface area contributed by atoms with Gasteiger partial charge in [0.25, 0.3) is 0 Å².